The van der Waals surface area contributed by atoms with Crippen LogP contribution >= 0.6 is 0 Å². The molecular weight excluding hydrogens is 707 g/mol. The number of hydrogen-bond donors (Lipinski definition) is 1. The van der Waals surface area contributed by atoms with Crippen molar-refractivity contribution in [2.75, 3.05) is 0 Å². The average molecular weight is 754 g/mol. The standard InChI is InChI=1S/C53H47N5/c1-51(2,3)37-29-39(31-40(30-37)57-45-26-16-15-25-43(45)44-34-54-56-50(44)57)53(35-19-9-7-10-20-35,36-21-11-8-12-22-36)48-32-38(52(4,5)6)33-49(55-48)58-46-27-17-13-23-41(46)42-24-14-18-28-47(42)58/h7-34H,1-6H3,(H,54,56). The Morgan fingerprint density at radius 3 is 1.45 bits per heavy atom. The second-order valence-corrected chi connectivity index (χ2v) is 17.7. The molecule has 284 valence electrons. The van der Waals surface area contributed by atoms with Crippen molar-refractivity contribution in [2.45, 2.75) is 57.8 Å². The van der Waals surface area contributed by atoms with Gasteiger partial charge in [-0.3, -0.25) is 14.2 Å². The summed E-state index contributed by atoms with van der Waals surface area (Å²) in [5.41, 5.74) is 11.1. The topological polar surface area (TPSA) is 51.4 Å². The molecule has 0 aliphatic rings. The van der Waals surface area contributed by atoms with Gasteiger partial charge in [-0.15, -0.1) is 0 Å². The highest BCUT2D eigenvalue weighted by Gasteiger charge is 2.42. The summed E-state index contributed by atoms with van der Waals surface area (Å²) in [6.45, 7) is 13.8. The van der Waals surface area contributed by atoms with Gasteiger partial charge in [-0.1, -0.05) is 163 Å². The van der Waals surface area contributed by atoms with Gasteiger partial charge in [0.1, 0.15) is 11.5 Å². The molecule has 0 atom stereocenters. The predicted octanol–water partition coefficient (Wildman–Crippen LogP) is 13.0. The summed E-state index contributed by atoms with van der Waals surface area (Å²) in [5.74, 6) is 0.902. The molecule has 4 heterocycles. The normalized spacial score (nSPS) is 12.7. The number of para-hydroxylation sites is 3. The molecule has 5 nitrogen and oxygen atoms in total. The lowest BCUT2D eigenvalue weighted by atomic mass is 9.65. The van der Waals surface area contributed by atoms with Gasteiger partial charge in [-0.2, -0.15) is 5.10 Å². The van der Waals surface area contributed by atoms with E-state index in [9.17, 15) is 0 Å². The Balaban J connectivity index is 1.38. The fourth-order valence-electron chi connectivity index (χ4n) is 9.07. The molecule has 0 radical (unpaired) electrons. The number of aromatic nitrogens is 5. The van der Waals surface area contributed by atoms with Gasteiger partial charge < -0.3 is 0 Å². The molecule has 10 aromatic rings. The second-order valence-electron chi connectivity index (χ2n) is 17.7. The van der Waals surface area contributed by atoms with E-state index in [1.165, 1.54) is 27.3 Å². The molecule has 0 fully saturated rings. The van der Waals surface area contributed by atoms with E-state index in [1.807, 2.05) is 6.20 Å². The van der Waals surface area contributed by atoms with Crippen LogP contribution in [0.1, 0.15) is 75.1 Å². The van der Waals surface area contributed by atoms with Gasteiger partial charge >= 0.3 is 0 Å². The van der Waals surface area contributed by atoms with E-state index in [2.05, 4.69) is 225 Å². The summed E-state index contributed by atoms with van der Waals surface area (Å²) in [5, 5.41) is 12.6. The summed E-state index contributed by atoms with van der Waals surface area (Å²) in [7, 11) is 0. The third-order valence-electron chi connectivity index (χ3n) is 12.0. The third kappa shape index (κ3) is 5.52. The lowest BCUT2D eigenvalue weighted by molar-refractivity contribution is 0.580. The van der Waals surface area contributed by atoms with Crippen molar-refractivity contribution in [1.82, 2.24) is 24.3 Å². The number of hydrogen-bond acceptors (Lipinski definition) is 2. The van der Waals surface area contributed by atoms with Crippen molar-refractivity contribution in [3.63, 3.8) is 0 Å². The highest BCUT2D eigenvalue weighted by atomic mass is 15.2. The summed E-state index contributed by atoms with van der Waals surface area (Å²) in [6, 6.07) is 59.9. The van der Waals surface area contributed by atoms with Gasteiger partial charge in [-0.25, -0.2) is 4.98 Å². The van der Waals surface area contributed by atoms with Crippen LogP contribution in [0.15, 0.2) is 170 Å². The molecule has 0 unspecified atom stereocenters. The maximum atomic E-state index is 5.91. The lowest BCUT2D eigenvalue weighted by Crippen LogP contribution is -2.34. The smallest absolute Gasteiger partial charge is 0.141 e. The first-order valence-corrected chi connectivity index (χ1v) is 20.2. The highest BCUT2D eigenvalue weighted by molar-refractivity contribution is 6.09. The van der Waals surface area contributed by atoms with Crippen LogP contribution in [0.3, 0.4) is 0 Å². The summed E-state index contributed by atoms with van der Waals surface area (Å²) < 4.78 is 4.71. The van der Waals surface area contributed by atoms with Crippen LogP contribution < -0.4 is 0 Å². The Hall–Kier alpha value is -6.72. The van der Waals surface area contributed by atoms with Gasteiger partial charge in [0.25, 0.3) is 0 Å². The monoisotopic (exact) mass is 753 g/mol. The molecule has 0 aliphatic heterocycles. The van der Waals surface area contributed by atoms with E-state index in [0.717, 1.165) is 61.5 Å². The molecule has 5 heteroatoms. The van der Waals surface area contributed by atoms with Crippen molar-refractivity contribution in [2.24, 2.45) is 0 Å². The van der Waals surface area contributed by atoms with Crippen LogP contribution in [0.2, 0.25) is 0 Å². The first-order chi connectivity index (χ1) is 28.0. The van der Waals surface area contributed by atoms with E-state index < -0.39 is 5.41 Å². The number of benzene rings is 6. The Labute approximate surface area is 339 Å². The quantitative estimate of drug-likeness (QED) is 0.172. The molecule has 1 N–H and O–H groups in total. The van der Waals surface area contributed by atoms with E-state index in [1.54, 1.807) is 0 Å². The molecule has 10 rings (SSSR count). The molecule has 0 aliphatic carbocycles. The molecule has 0 saturated heterocycles. The summed E-state index contributed by atoms with van der Waals surface area (Å²) in [6.07, 6.45) is 1.94. The molecular formula is C53H47N5. The first kappa shape index (κ1) is 35.7. The molecule has 0 amide bonds. The zero-order chi connectivity index (χ0) is 39.8. The number of rotatable bonds is 6. The number of nitrogens with one attached hydrogen (secondary N) is 1. The van der Waals surface area contributed by atoms with E-state index in [0.29, 0.717) is 0 Å². The number of fused-ring (bicyclic) bond motifs is 6. The molecule has 0 saturated carbocycles. The number of aromatic amines is 1. The minimum atomic E-state index is -0.830. The number of H-pyrrole nitrogens is 1. The van der Waals surface area contributed by atoms with E-state index in [4.69, 9.17) is 4.98 Å². The fourth-order valence-corrected chi connectivity index (χ4v) is 9.07. The van der Waals surface area contributed by atoms with Crippen molar-refractivity contribution in [1.29, 1.82) is 0 Å². The highest BCUT2D eigenvalue weighted by Crippen LogP contribution is 2.48. The molecule has 58 heavy (non-hydrogen) atoms. The molecule has 4 aromatic heterocycles. The summed E-state index contributed by atoms with van der Waals surface area (Å²) in [4.78, 5) is 5.91. The van der Waals surface area contributed by atoms with Gasteiger partial charge in [-0.05, 0) is 81.1 Å². The van der Waals surface area contributed by atoms with Gasteiger partial charge in [0.15, 0.2) is 0 Å². The molecule has 6 aromatic carbocycles. The van der Waals surface area contributed by atoms with E-state index in [-0.39, 0.29) is 10.8 Å². The van der Waals surface area contributed by atoms with Crippen LogP contribution in [0.5, 0.6) is 0 Å². The van der Waals surface area contributed by atoms with E-state index >= 15 is 0 Å². The van der Waals surface area contributed by atoms with Gasteiger partial charge in [0.05, 0.1) is 33.9 Å². The average Bonchev–Trinajstić information content (AvgIpc) is 3.93. The number of pyridine rings is 1. The number of nitrogens with zero attached hydrogens (tertiary/aromatic N) is 4. The van der Waals surface area contributed by atoms with Gasteiger partial charge in [0.2, 0.25) is 0 Å². The third-order valence-corrected chi connectivity index (χ3v) is 12.0. The minimum absolute atomic E-state index is 0.172. The Morgan fingerprint density at radius 2 is 0.897 bits per heavy atom. The van der Waals surface area contributed by atoms with Crippen molar-refractivity contribution in [3.05, 3.63) is 203 Å². The Morgan fingerprint density at radius 1 is 0.431 bits per heavy atom. The van der Waals surface area contributed by atoms with Crippen LogP contribution in [0, 0.1) is 0 Å². The maximum absolute atomic E-state index is 5.91. The predicted molar refractivity (Wildman–Crippen MR) is 241 cm³/mol. The van der Waals surface area contributed by atoms with Crippen molar-refractivity contribution < 1.29 is 0 Å². The van der Waals surface area contributed by atoms with Crippen LogP contribution in [-0.2, 0) is 16.2 Å². The second kappa shape index (κ2) is 13.2. The van der Waals surface area contributed by atoms with Crippen LogP contribution in [0.4, 0.5) is 0 Å². The lowest BCUT2D eigenvalue weighted by Gasteiger charge is -2.38. The summed E-state index contributed by atoms with van der Waals surface area (Å²) >= 11 is 0. The zero-order valence-electron chi connectivity index (χ0n) is 34.0. The van der Waals surface area contributed by atoms with Gasteiger partial charge in [0, 0.05) is 27.2 Å². The Kier molecular flexibility index (Phi) is 8.10. The van der Waals surface area contributed by atoms with Crippen molar-refractivity contribution in [3.8, 4) is 11.5 Å². The van der Waals surface area contributed by atoms with Crippen molar-refractivity contribution >= 4 is 43.7 Å². The maximum Gasteiger partial charge on any atom is 0.141 e. The van der Waals surface area contributed by atoms with Crippen LogP contribution in [-0.4, -0.2) is 24.3 Å². The van der Waals surface area contributed by atoms with Crippen LogP contribution in [0.25, 0.3) is 55.2 Å². The largest absolute Gasteiger partial charge is 0.294 e. The molecule has 0 spiro atoms. The minimum Gasteiger partial charge on any atom is -0.294 e. The molecule has 0 bridgehead atoms. The fraction of sp³-hybridized carbons (Fsp3) is 0.170. The Bertz CT molecular complexity index is 3040. The zero-order valence-corrected chi connectivity index (χ0v) is 34.0. The first-order valence-electron chi connectivity index (χ1n) is 20.2. The SMILES string of the molecule is CC(C)(C)c1cc(-n2c3ccccc3c3cn[nH]c32)cc(C(c2ccccc2)(c2ccccc2)c2cc(C(C)(C)C)cc(-n3c4ccccc4c4ccccc43)n2)c1.